The monoisotopic (exact) mass is 2090 g/mol. The fourth-order valence-electron chi connectivity index (χ4n) is 15.9. The number of nitrogens with one attached hydrogen (secondary N) is 4. The van der Waals surface area contributed by atoms with Crippen LogP contribution in [-0.4, -0.2) is 200 Å². The summed E-state index contributed by atoms with van der Waals surface area (Å²) in [5.41, 5.74) is 9.13. The lowest BCUT2D eigenvalue weighted by molar-refractivity contribution is -0.142. The van der Waals surface area contributed by atoms with E-state index >= 15 is 0 Å². The van der Waals surface area contributed by atoms with Gasteiger partial charge in [0.05, 0.1) is 30.3 Å². The molecule has 43 heteroatoms. The van der Waals surface area contributed by atoms with Crippen molar-refractivity contribution in [2.75, 3.05) is 128 Å². The molecule has 4 fully saturated rings. The van der Waals surface area contributed by atoms with Crippen molar-refractivity contribution in [2.45, 2.75) is 97.9 Å². The Balaban J connectivity index is 0.000000213. The van der Waals surface area contributed by atoms with Crippen LogP contribution in [0, 0.1) is 13.8 Å². The summed E-state index contributed by atoms with van der Waals surface area (Å²) in [5, 5.41) is 9.71. The van der Waals surface area contributed by atoms with E-state index in [0.717, 1.165) is 91.1 Å². The molecule has 9 aromatic carbocycles. The van der Waals surface area contributed by atoms with Crippen molar-refractivity contribution in [1.82, 2.24) is 39.8 Å². The van der Waals surface area contributed by atoms with E-state index in [1.807, 2.05) is 79.4 Å². The maximum atomic E-state index is 13.4. The average molecular weight is 2090 g/mol. The van der Waals surface area contributed by atoms with Crippen LogP contribution in [0.3, 0.4) is 0 Å². The molecule has 1 unspecified atom stereocenters. The molecule has 4 N–H and O–H groups in total. The van der Waals surface area contributed by atoms with E-state index < -0.39 is 52.3 Å². The number of halogens is 4. The smallest absolute Gasteiger partial charge is 0.268 e. The maximum Gasteiger partial charge on any atom is 0.268 e. The third-order valence-corrected chi connectivity index (χ3v) is 31.2. The van der Waals surface area contributed by atoms with Gasteiger partial charge in [-0.2, -0.15) is 0 Å². The predicted octanol–water partition coefficient (Wildman–Crippen LogP) is 17.6. The first-order chi connectivity index (χ1) is 66.7. The second-order valence-electron chi connectivity index (χ2n) is 32.7. The van der Waals surface area contributed by atoms with E-state index in [9.17, 15) is 52.8 Å². The van der Waals surface area contributed by atoms with Crippen molar-refractivity contribution >= 4 is 183 Å². The van der Waals surface area contributed by atoms with E-state index in [-0.39, 0.29) is 92.9 Å². The number of thiazole rings is 2. The highest BCUT2D eigenvalue weighted by Gasteiger charge is 2.38. The molecule has 738 valence electrons. The van der Waals surface area contributed by atoms with Crippen molar-refractivity contribution in [2.24, 2.45) is 0 Å². The van der Waals surface area contributed by atoms with Crippen LogP contribution in [0.1, 0.15) is 63.2 Å². The van der Waals surface area contributed by atoms with E-state index in [2.05, 4.69) is 87.8 Å². The van der Waals surface area contributed by atoms with Crippen molar-refractivity contribution in [1.29, 1.82) is 0 Å². The molecule has 5 aliphatic heterocycles. The van der Waals surface area contributed by atoms with Crippen LogP contribution >= 0.6 is 69.1 Å². The lowest BCUT2D eigenvalue weighted by atomic mass is 10.00. The molecule has 0 saturated carbocycles. The highest BCUT2D eigenvalue weighted by molar-refractivity contribution is 7.93. The Kier molecular flexibility index (Phi) is 33.0. The molecule has 4 aromatic heterocycles. The lowest BCUT2D eigenvalue weighted by Gasteiger charge is -2.41. The summed E-state index contributed by atoms with van der Waals surface area (Å²) in [4.78, 5) is 83.4. The van der Waals surface area contributed by atoms with Gasteiger partial charge in [-0.05, 0) is 233 Å². The number of ether oxygens (including phenoxy) is 3. The largest absolute Gasteiger partial charge is 0.489 e. The van der Waals surface area contributed by atoms with Gasteiger partial charge in [0.2, 0.25) is 17.7 Å². The fourth-order valence-corrected chi connectivity index (χ4v) is 22.4. The molecule has 18 rings (SSSR count). The van der Waals surface area contributed by atoms with Crippen LogP contribution in [0.15, 0.2) is 278 Å². The van der Waals surface area contributed by atoms with Crippen LogP contribution in [0.5, 0.6) is 17.2 Å². The van der Waals surface area contributed by atoms with Gasteiger partial charge < -0.3 is 53.0 Å². The molecular formula is C96H109Cl4N17O16S6. The van der Waals surface area contributed by atoms with Crippen LogP contribution < -0.4 is 57.6 Å². The highest BCUT2D eigenvalue weighted by Crippen LogP contribution is 2.37. The molecule has 0 radical (unpaired) electrons. The number of rotatable bonds is 28. The van der Waals surface area contributed by atoms with Gasteiger partial charge in [0, 0.05) is 179 Å². The maximum absolute atomic E-state index is 13.4. The molecule has 33 nitrogen and oxygen atoms in total. The number of piperazine rings is 3. The fraction of sp³-hybridized carbons (Fsp3) is 0.260. The highest BCUT2D eigenvalue weighted by atomic mass is 35.5. The number of nitrogens with zero attached hydrogens (tertiary/aromatic N) is 13. The van der Waals surface area contributed by atoms with Gasteiger partial charge in [-0.25, -0.2) is 58.3 Å². The molecule has 0 spiro atoms. The van der Waals surface area contributed by atoms with E-state index in [0.29, 0.717) is 95.9 Å². The summed E-state index contributed by atoms with van der Waals surface area (Å²) >= 11 is 26.5. The second-order valence-corrected chi connectivity index (χ2v) is 42.9. The number of anilines is 9. The molecule has 139 heavy (non-hydrogen) atoms. The summed E-state index contributed by atoms with van der Waals surface area (Å²) in [6, 6.07) is 62.9. The summed E-state index contributed by atoms with van der Waals surface area (Å²) in [6.45, 7) is 16.5. The molecule has 3 atom stereocenters. The number of carbonyl (C=O) groups is 4. The first kappa shape index (κ1) is 101. The average Bonchev–Trinajstić information content (AvgIpc) is 1.77. The zero-order valence-corrected chi connectivity index (χ0v) is 83.4. The zero-order valence-electron chi connectivity index (χ0n) is 75.5. The Morgan fingerprint density at radius 2 is 1.06 bits per heavy atom. The molecule has 4 amide bonds. The minimum atomic E-state index is -3.78. The van der Waals surface area contributed by atoms with Crippen LogP contribution in [-0.2, 0) is 78.8 Å². The minimum Gasteiger partial charge on any atom is -0.489 e. The molecule has 0 aliphatic carbocycles. The van der Waals surface area contributed by atoms with Crippen LogP contribution in [0.4, 0.5) is 50.4 Å². The van der Waals surface area contributed by atoms with E-state index in [1.165, 1.54) is 105 Å². The molecule has 13 aromatic rings. The molecule has 5 aliphatic rings. The Hall–Kier alpha value is -12.7. The molecule has 4 saturated heterocycles. The van der Waals surface area contributed by atoms with Gasteiger partial charge in [-0.3, -0.25) is 38.2 Å². The first-order valence-corrected chi connectivity index (χ1v) is 53.2. The third kappa shape index (κ3) is 26.5. The quantitative estimate of drug-likeness (QED) is 0.0354. The van der Waals surface area contributed by atoms with Gasteiger partial charge in [0.15, 0.2) is 22.5 Å². The van der Waals surface area contributed by atoms with Crippen molar-refractivity contribution in [3.63, 3.8) is 0 Å². The molecule has 9 heterocycles. The van der Waals surface area contributed by atoms with Crippen molar-refractivity contribution < 1.29 is 80.1 Å². The number of sulfonamides is 4. The van der Waals surface area contributed by atoms with E-state index in [1.54, 1.807) is 127 Å². The Labute approximate surface area is 842 Å². The number of carbonyl (C=O) groups excluding carboxylic acids is 4. The number of benzene rings is 9. The normalized spacial score (nSPS) is 15.7. The summed E-state index contributed by atoms with van der Waals surface area (Å²) in [5.74, 6) is 1.48. The van der Waals surface area contributed by atoms with Gasteiger partial charge >= 0.3 is 0 Å². The minimum absolute atomic E-state index is 0. The third-order valence-electron chi connectivity index (χ3n) is 23.1. The molecular weight excluding hydrogens is 1980 g/mol. The first-order valence-electron chi connectivity index (χ1n) is 44.0. The molecule has 0 bridgehead atoms. The number of aryl methyl sites for hydroxylation is 3. The number of aromatic nitrogens is 5. The van der Waals surface area contributed by atoms with Crippen LogP contribution in [0.2, 0.25) is 20.1 Å². The second kappa shape index (κ2) is 45.5. The summed E-state index contributed by atoms with van der Waals surface area (Å²) < 4.78 is 133. The summed E-state index contributed by atoms with van der Waals surface area (Å²) in [6.07, 6.45) is 6.81. The standard InChI is InChI=1S/C28H29N5O3S.C26H30ClN5O4S.C23H23ClN4O5S2.C19H15Cl2N3O4S2.6H2/c34-37(35,31-28-13-14-29-22-30-28)27-11-9-25(10-12-27)33-17-15-32(16-18-33)20-24-7-4-8-26(19-24)36-21-23-5-2-1-3-6-23;1-18-16-25(36-28-18)29-37(34,35)23-8-6-22(7-9-23)30-12-14-31(15-13-30)26(33)19(2)32-11-3-4-20-17-21(27)5-10-24(20)32;1-15-13-17(24)3-8-20(15)33-16(2)22(30)27-10-11-28(21(29)14-27)18-4-6-19(7-5-18)35(31,32)26-23-25-9-12-34-23;20-12-1-6-16(15(21)11-12)28-17-7-9-24(18(17)25)13-2-4-14(5-3-13)30(26,27)23-19-22-8-10-29-19;;;;;;/h1-14,19,22H,15-18,20-21H2,(H,29,30,31);5-10,16-17,19,29H,3-4,11-15H2,1-2H3;3-9,12-13,16H,10-11,14H2,1-2H3,(H,25,26);1-6,8,10-11,17H,7,9H2,(H,22,23);6*1H/t;19-;16-;;;;;;;/m.10......./s1. The van der Waals surface area contributed by atoms with E-state index in [4.69, 9.17) is 65.1 Å². The van der Waals surface area contributed by atoms with Gasteiger partial charge in [0.25, 0.3) is 51.9 Å². The van der Waals surface area contributed by atoms with Crippen molar-refractivity contribution in [3.8, 4) is 17.2 Å². The number of amides is 4. The van der Waals surface area contributed by atoms with Gasteiger partial charge in [-0.1, -0.05) is 94.0 Å². The van der Waals surface area contributed by atoms with Crippen LogP contribution in [0.25, 0.3) is 0 Å². The van der Waals surface area contributed by atoms with Gasteiger partial charge in [0.1, 0.15) is 48.6 Å². The number of hydrogen-bond acceptors (Lipinski definition) is 27. The Morgan fingerprint density at radius 3 is 1.63 bits per heavy atom. The topological polar surface area (TPSA) is 384 Å². The number of hydrogen-bond donors (Lipinski definition) is 4. The summed E-state index contributed by atoms with van der Waals surface area (Å²) in [7, 11) is -15.0. The van der Waals surface area contributed by atoms with Crippen molar-refractivity contribution in [3.05, 3.63) is 302 Å². The predicted molar refractivity (Wildman–Crippen MR) is 552 cm³/mol. The number of fused-ring (bicyclic) bond motifs is 1. The Bertz CT molecular complexity index is 6970. The Morgan fingerprint density at radius 1 is 0.518 bits per heavy atom. The lowest BCUT2D eigenvalue weighted by Crippen LogP contribution is -2.55. The zero-order chi connectivity index (χ0) is 98.1. The SMILES string of the molecule is Cc1cc(Cl)ccc1O[C@@H](C)C(=O)N1CCN(c2ccc(S(=O)(=O)Nc3nccs3)cc2)C(=O)C1.Cc1cc(NS(=O)(=O)c2ccc(N3CCN(C(=O)[C@@H](C)N4CCCc5cc(Cl)ccc54)CC3)cc2)on1.O=C1C(Oc2ccc(Cl)cc2Cl)CCN1c1ccc(S(=O)(=O)Nc2nccs2)cc1.O=S(=O)(Nc1ccncn1)c1ccc(N2CCN(Cc3cccc(OCc4ccccc4)c3)CC2)cc1.[HH].[HH].[HH].[HH].[HH].[HH]. The van der Waals surface area contributed by atoms with Gasteiger partial charge in [-0.15, -0.1) is 22.7 Å².